The molecule has 0 fully saturated rings. The quantitative estimate of drug-likeness (QED) is 0.259. The Hall–Kier alpha value is -3.12. The smallest absolute Gasteiger partial charge is 0.308 e. The minimum atomic E-state index is -1.28. The van der Waals surface area contributed by atoms with Crippen molar-refractivity contribution >= 4 is 5.97 Å². The number of rotatable bonds is 8. The number of benzene rings is 3. The van der Waals surface area contributed by atoms with E-state index in [1.165, 1.54) is 0 Å². The van der Waals surface area contributed by atoms with E-state index in [0.717, 1.165) is 17.2 Å². The predicted molar refractivity (Wildman–Crippen MR) is 126 cm³/mol. The van der Waals surface area contributed by atoms with Crippen molar-refractivity contribution in [2.75, 3.05) is 0 Å². The second-order valence-corrected chi connectivity index (χ2v) is 9.34. The molecule has 0 saturated heterocycles. The van der Waals surface area contributed by atoms with Crippen molar-refractivity contribution in [2.24, 2.45) is 0 Å². The molecule has 0 N–H and O–H groups in total. The van der Waals surface area contributed by atoms with Gasteiger partial charge in [-0.25, -0.2) is 13.2 Å². The van der Waals surface area contributed by atoms with Gasteiger partial charge in [-0.05, 0) is 44.9 Å². The lowest BCUT2D eigenvalue weighted by Gasteiger charge is -2.37. The molecule has 0 aliphatic rings. The highest BCUT2D eigenvalue weighted by Gasteiger charge is 2.32. The molecule has 0 heterocycles. The Morgan fingerprint density at radius 2 is 1.44 bits per heavy atom. The van der Waals surface area contributed by atoms with Gasteiger partial charge in [0.2, 0.25) is 0 Å². The minimum Gasteiger partial charge on any atom is -0.460 e. The lowest BCUT2D eigenvalue weighted by molar-refractivity contribution is -0.156. The van der Waals surface area contributed by atoms with Crippen LogP contribution in [0, 0.1) is 17.5 Å². The number of nitrogens with zero attached hydrogens (tertiary/aromatic N) is 1. The number of carbonyl (C=O) groups excluding carboxylic acids is 1. The fourth-order valence-corrected chi connectivity index (χ4v) is 3.97. The van der Waals surface area contributed by atoms with Crippen molar-refractivity contribution < 1.29 is 22.7 Å². The Balaban J connectivity index is 2.11. The molecule has 0 spiro atoms. The Bertz CT molecular complexity index is 1100. The van der Waals surface area contributed by atoms with Crippen molar-refractivity contribution in [3.8, 4) is 0 Å². The van der Waals surface area contributed by atoms with E-state index >= 15 is 4.39 Å². The summed E-state index contributed by atoms with van der Waals surface area (Å²) < 4.78 is 48.6. The first-order valence-electron chi connectivity index (χ1n) is 11.3. The van der Waals surface area contributed by atoms with Gasteiger partial charge in [-0.3, -0.25) is 9.69 Å². The van der Waals surface area contributed by atoms with Crippen molar-refractivity contribution in [2.45, 2.75) is 58.3 Å². The van der Waals surface area contributed by atoms with Crippen LogP contribution < -0.4 is 0 Å². The lowest BCUT2D eigenvalue weighted by Crippen LogP contribution is -2.35. The molecule has 34 heavy (non-hydrogen) atoms. The summed E-state index contributed by atoms with van der Waals surface area (Å²) in [4.78, 5) is 14.8. The van der Waals surface area contributed by atoms with Gasteiger partial charge in [0.15, 0.2) is 11.6 Å². The van der Waals surface area contributed by atoms with E-state index in [4.69, 9.17) is 4.74 Å². The molecule has 180 valence electrons. The number of esters is 1. The van der Waals surface area contributed by atoms with Crippen LogP contribution in [0.5, 0.6) is 0 Å². The average molecular weight is 470 g/mol. The van der Waals surface area contributed by atoms with E-state index in [0.29, 0.717) is 12.6 Å². The molecule has 3 aromatic rings. The fourth-order valence-electron chi connectivity index (χ4n) is 3.97. The van der Waals surface area contributed by atoms with Gasteiger partial charge in [0, 0.05) is 30.3 Å². The van der Waals surface area contributed by atoms with Crippen molar-refractivity contribution in [3.63, 3.8) is 0 Å². The molecule has 0 radical (unpaired) electrons. The van der Waals surface area contributed by atoms with Gasteiger partial charge in [-0.2, -0.15) is 0 Å². The van der Waals surface area contributed by atoms with E-state index < -0.39 is 35.1 Å². The molecule has 0 aliphatic carbocycles. The third kappa shape index (κ3) is 6.70. The van der Waals surface area contributed by atoms with Crippen LogP contribution in [-0.2, 0) is 16.1 Å². The van der Waals surface area contributed by atoms with Crippen LogP contribution in [0.15, 0.2) is 72.8 Å². The Morgan fingerprint density at radius 1 is 0.882 bits per heavy atom. The van der Waals surface area contributed by atoms with Crippen LogP contribution in [0.1, 0.15) is 62.9 Å². The van der Waals surface area contributed by atoms with E-state index in [1.54, 1.807) is 20.8 Å². The van der Waals surface area contributed by atoms with E-state index in [-0.39, 0.29) is 18.0 Å². The third-order valence-electron chi connectivity index (χ3n) is 5.57. The largest absolute Gasteiger partial charge is 0.460 e. The zero-order valence-electron chi connectivity index (χ0n) is 19.9. The SMILES string of the molecule is C[C@H](c1ccccc1)N(Cc1ccccc1)[C@@H](CC(=O)OC(C)(C)C)c1cc(F)c(F)cc1F. The van der Waals surface area contributed by atoms with E-state index in [9.17, 15) is 13.6 Å². The normalized spacial score (nSPS) is 13.5. The first-order chi connectivity index (χ1) is 16.0. The van der Waals surface area contributed by atoms with Crippen molar-refractivity contribution in [3.05, 3.63) is 107 Å². The van der Waals surface area contributed by atoms with Gasteiger partial charge in [-0.15, -0.1) is 0 Å². The summed E-state index contributed by atoms with van der Waals surface area (Å²) in [5.41, 5.74) is 1.03. The molecule has 3 nitrogen and oxygen atoms in total. The highest BCUT2D eigenvalue weighted by Crippen LogP contribution is 2.37. The molecule has 0 unspecified atom stereocenters. The first-order valence-corrected chi connectivity index (χ1v) is 11.3. The first kappa shape index (κ1) is 25.5. The van der Waals surface area contributed by atoms with Crippen LogP contribution in [0.4, 0.5) is 13.2 Å². The highest BCUT2D eigenvalue weighted by atomic mass is 19.2. The van der Waals surface area contributed by atoms with Crippen molar-refractivity contribution in [1.29, 1.82) is 0 Å². The maximum Gasteiger partial charge on any atom is 0.308 e. The molecule has 0 amide bonds. The fraction of sp³-hybridized carbons (Fsp3) is 0.321. The third-order valence-corrected chi connectivity index (χ3v) is 5.57. The lowest BCUT2D eigenvalue weighted by atomic mass is 9.96. The summed E-state index contributed by atoms with van der Waals surface area (Å²) in [6.07, 6.45) is -0.233. The number of halogens is 3. The molecule has 2 atom stereocenters. The van der Waals surface area contributed by atoms with Gasteiger partial charge >= 0.3 is 5.97 Å². The number of ether oxygens (including phenoxy) is 1. The summed E-state index contributed by atoms with van der Waals surface area (Å²) in [6.45, 7) is 7.52. The predicted octanol–water partition coefficient (Wildman–Crippen LogP) is 7.14. The standard InChI is InChI=1S/C28H30F3NO2/c1-19(21-13-9-6-10-14-21)32(18-20-11-7-5-8-12-20)26(17-27(33)34-28(2,3)4)22-15-24(30)25(31)16-23(22)29/h5-16,19,26H,17-18H2,1-4H3/t19-,26+/m1/s1. The van der Waals surface area contributed by atoms with Crippen LogP contribution >= 0.6 is 0 Å². The van der Waals surface area contributed by atoms with Crippen molar-refractivity contribution in [1.82, 2.24) is 4.90 Å². The van der Waals surface area contributed by atoms with Gasteiger partial charge in [0.1, 0.15) is 11.4 Å². The summed E-state index contributed by atoms with van der Waals surface area (Å²) in [6, 6.07) is 19.3. The molecule has 0 aliphatic heterocycles. The monoisotopic (exact) mass is 469 g/mol. The highest BCUT2D eigenvalue weighted by molar-refractivity contribution is 5.71. The summed E-state index contributed by atoms with van der Waals surface area (Å²) >= 11 is 0. The number of hydrogen-bond acceptors (Lipinski definition) is 3. The minimum absolute atomic E-state index is 0.0940. The van der Waals surface area contributed by atoms with Crippen LogP contribution in [0.25, 0.3) is 0 Å². The molecular formula is C28H30F3NO2. The molecule has 0 aromatic heterocycles. The van der Waals surface area contributed by atoms with Crippen LogP contribution in [0.2, 0.25) is 0 Å². The number of carbonyl (C=O) groups is 1. The Labute approximate surface area is 199 Å². The van der Waals surface area contributed by atoms with Gasteiger partial charge < -0.3 is 4.74 Å². The molecule has 3 rings (SSSR count). The molecular weight excluding hydrogens is 439 g/mol. The Kier molecular flexibility index (Phi) is 8.15. The topological polar surface area (TPSA) is 29.5 Å². The van der Waals surface area contributed by atoms with Gasteiger partial charge in [0.25, 0.3) is 0 Å². The molecule has 3 aromatic carbocycles. The summed E-state index contributed by atoms with van der Waals surface area (Å²) in [7, 11) is 0. The van der Waals surface area contributed by atoms with Gasteiger partial charge in [-0.1, -0.05) is 60.7 Å². The van der Waals surface area contributed by atoms with Gasteiger partial charge in [0.05, 0.1) is 6.42 Å². The summed E-state index contributed by atoms with van der Waals surface area (Å²) in [5.74, 6) is -3.91. The molecule has 0 saturated carbocycles. The zero-order chi connectivity index (χ0) is 24.9. The maximum atomic E-state index is 15.0. The van der Waals surface area contributed by atoms with Crippen LogP contribution in [-0.4, -0.2) is 16.5 Å². The second-order valence-electron chi connectivity index (χ2n) is 9.34. The van der Waals surface area contributed by atoms with Crippen LogP contribution in [0.3, 0.4) is 0 Å². The average Bonchev–Trinajstić information content (AvgIpc) is 2.78. The second kappa shape index (κ2) is 10.9. The molecule has 0 bridgehead atoms. The maximum absolute atomic E-state index is 15.0. The van der Waals surface area contributed by atoms with E-state index in [1.807, 2.05) is 72.5 Å². The summed E-state index contributed by atoms with van der Waals surface area (Å²) in [5, 5.41) is 0. The zero-order valence-corrected chi connectivity index (χ0v) is 19.9. The van der Waals surface area contributed by atoms with E-state index in [2.05, 4.69) is 0 Å². The Morgan fingerprint density at radius 3 is 2.03 bits per heavy atom. The molecule has 6 heteroatoms. The number of hydrogen-bond donors (Lipinski definition) is 0.